The molecular weight excluding hydrogens is 296 g/mol. The quantitative estimate of drug-likeness (QED) is 0.675. The van der Waals surface area contributed by atoms with E-state index in [-0.39, 0.29) is 0 Å². The molecule has 0 spiro atoms. The highest BCUT2D eigenvalue weighted by molar-refractivity contribution is 8.01. The van der Waals surface area contributed by atoms with E-state index in [9.17, 15) is 34.8 Å². The fraction of sp³-hybridized carbons (Fsp3) is 0.333. The molecule has 3 nitrogen and oxygen atoms in total. The Kier molecular flexibility index (Phi) is 3.45. The minimum absolute atomic E-state index is 0.427. The maximum Gasteiger partial charge on any atom is 0.502 e. The molecule has 1 aromatic heterocycles. The number of thioether (sulfide) groups is 1. The van der Waals surface area contributed by atoms with Gasteiger partial charge in [0.15, 0.2) is 0 Å². The van der Waals surface area contributed by atoms with Crippen LogP contribution < -0.4 is 0 Å². The van der Waals surface area contributed by atoms with Crippen LogP contribution >= 0.6 is 11.8 Å². The van der Waals surface area contributed by atoms with E-state index in [0.717, 1.165) is 0 Å². The number of rotatable bonds is 2. The number of nitrogens with one attached hydrogen (secondary N) is 1. The third-order valence-electron chi connectivity index (χ3n) is 1.48. The summed E-state index contributed by atoms with van der Waals surface area (Å²) < 4.78 is 94.0. The highest BCUT2D eigenvalue weighted by atomic mass is 32.2. The predicted octanol–water partition coefficient (Wildman–Crippen LogP) is 2.92. The number of hydrogen-bond donors (Lipinski definition) is 1. The second kappa shape index (κ2) is 4.12. The molecule has 1 heterocycles. The number of H-pyrrole nitrogens is 1. The zero-order valence-electron chi connectivity index (χ0n) is 7.56. The number of sulfone groups is 1. The summed E-state index contributed by atoms with van der Waals surface area (Å²) in [6.45, 7) is 0. The summed E-state index contributed by atoms with van der Waals surface area (Å²) in [6, 6.07) is 0.427. The normalized spacial score (nSPS) is 14.0. The third-order valence-corrected chi connectivity index (χ3v) is 3.92. The summed E-state index contributed by atoms with van der Waals surface area (Å²) in [4.78, 5) is 0.367. The maximum atomic E-state index is 12.1. The molecule has 0 aliphatic rings. The zero-order valence-corrected chi connectivity index (χ0v) is 9.19. The second-order valence-corrected chi connectivity index (χ2v) is 5.65. The molecule has 0 aromatic carbocycles. The SMILES string of the molecule is O=S(=O)(c1cc[nH]c1SC(F)(F)F)C(F)(F)F. The molecule has 0 atom stereocenters. The molecule has 11 heteroatoms. The summed E-state index contributed by atoms with van der Waals surface area (Å²) >= 11 is -0.958. The lowest BCUT2D eigenvalue weighted by molar-refractivity contribution is -0.0440. The van der Waals surface area contributed by atoms with Crippen molar-refractivity contribution in [1.29, 1.82) is 0 Å². The van der Waals surface area contributed by atoms with Crippen molar-refractivity contribution < 1.29 is 34.8 Å². The van der Waals surface area contributed by atoms with Gasteiger partial charge in [-0.05, 0) is 6.07 Å². The molecule has 98 valence electrons. The van der Waals surface area contributed by atoms with Crippen LogP contribution in [0.3, 0.4) is 0 Å². The summed E-state index contributed by atoms with van der Waals surface area (Å²) in [5, 5.41) is -1.12. The van der Waals surface area contributed by atoms with E-state index >= 15 is 0 Å². The lowest BCUT2D eigenvalue weighted by atomic mass is 10.7. The van der Waals surface area contributed by atoms with E-state index in [1.54, 1.807) is 4.98 Å². The summed E-state index contributed by atoms with van der Waals surface area (Å²) in [5.74, 6) is 0. The highest BCUT2D eigenvalue weighted by Crippen LogP contribution is 2.41. The standard InChI is InChI=1S/C6H3F6NO2S2/c7-5(8,9)16-4-3(1-2-13-4)17(14,15)6(10,11)12/h1-2,13H. The number of aromatic amines is 1. The van der Waals surface area contributed by atoms with Gasteiger partial charge in [0.05, 0.1) is 0 Å². The Bertz CT molecular complexity index is 499. The smallest absolute Gasteiger partial charge is 0.355 e. The van der Waals surface area contributed by atoms with Crippen LogP contribution in [0.25, 0.3) is 0 Å². The minimum atomic E-state index is -5.79. The van der Waals surface area contributed by atoms with Gasteiger partial charge in [-0.1, -0.05) is 0 Å². The molecule has 0 saturated carbocycles. The van der Waals surface area contributed by atoms with Gasteiger partial charge in [-0.2, -0.15) is 26.3 Å². The van der Waals surface area contributed by atoms with Crippen molar-refractivity contribution in [2.45, 2.75) is 20.9 Å². The summed E-state index contributed by atoms with van der Waals surface area (Å²) in [6.07, 6.45) is 0.687. The Morgan fingerprint density at radius 3 is 2.06 bits per heavy atom. The zero-order chi connectivity index (χ0) is 13.5. The van der Waals surface area contributed by atoms with Gasteiger partial charge in [0.1, 0.15) is 9.92 Å². The van der Waals surface area contributed by atoms with Crippen LogP contribution in [0.4, 0.5) is 26.3 Å². The van der Waals surface area contributed by atoms with Crippen molar-refractivity contribution in [3.63, 3.8) is 0 Å². The van der Waals surface area contributed by atoms with Gasteiger partial charge in [0, 0.05) is 18.0 Å². The van der Waals surface area contributed by atoms with Crippen LogP contribution in [0.5, 0.6) is 0 Å². The molecule has 0 saturated heterocycles. The van der Waals surface area contributed by atoms with E-state index in [0.29, 0.717) is 12.3 Å². The van der Waals surface area contributed by atoms with E-state index < -0.39 is 42.5 Å². The fourth-order valence-electron chi connectivity index (χ4n) is 0.872. The van der Waals surface area contributed by atoms with Crippen molar-refractivity contribution in [3.8, 4) is 0 Å². The summed E-state index contributed by atoms with van der Waals surface area (Å²) in [7, 11) is -5.79. The number of halogens is 6. The number of aromatic nitrogens is 1. The van der Waals surface area contributed by atoms with Gasteiger partial charge in [0.25, 0.3) is 9.84 Å². The molecule has 0 unspecified atom stereocenters. The molecule has 1 rings (SSSR count). The van der Waals surface area contributed by atoms with Gasteiger partial charge in [0.2, 0.25) is 0 Å². The first-order valence-electron chi connectivity index (χ1n) is 3.69. The van der Waals surface area contributed by atoms with E-state index in [2.05, 4.69) is 0 Å². The first-order valence-corrected chi connectivity index (χ1v) is 5.99. The Hall–Kier alpha value is -0.840. The molecule has 0 radical (unpaired) electrons. The van der Waals surface area contributed by atoms with Gasteiger partial charge >= 0.3 is 11.0 Å². The van der Waals surface area contributed by atoms with Crippen molar-refractivity contribution in [2.75, 3.05) is 0 Å². The lowest BCUT2D eigenvalue weighted by Gasteiger charge is -2.09. The third kappa shape index (κ3) is 3.09. The maximum absolute atomic E-state index is 12.1. The van der Waals surface area contributed by atoms with Crippen LogP contribution in [-0.2, 0) is 9.84 Å². The van der Waals surface area contributed by atoms with Crippen molar-refractivity contribution in [1.82, 2.24) is 4.98 Å². The van der Waals surface area contributed by atoms with Crippen LogP contribution in [-0.4, -0.2) is 24.4 Å². The number of alkyl halides is 6. The van der Waals surface area contributed by atoms with Crippen LogP contribution in [0.15, 0.2) is 22.2 Å². The topological polar surface area (TPSA) is 49.9 Å². The average molecular weight is 299 g/mol. The summed E-state index contributed by atoms with van der Waals surface area (Å²) in [5.41, 5.74) is -10.5. The molecular formula is C6H3F6NO2S2. The molecule has 1 aromatic rings. The monoisotopic (exact) mass is 299 g/mol. The molecule has 0 aliphatic carbocycles. The number of hydrogen-bond acceptors (Lipinski definition) is 3. The van der Waals surface area contributed by atoms with Gasteiger partial charge in [-0.25, -0.2) is 8.42 Å². The molecule has 1 N–H and O–H groups in total. The predicted molar refractivity (Wildman–Crippen MR) is 45.9 cm³/mol. The van der Waals surface area contributed by atoms with Gasteiger partial charge < -0.3 is 4.98 Å². The molecule has 0 amide bonds. The largest absolute Gasteiger partial charge is 0.502 e. The Morgan fingerprint density at radius 2 is 1.65 bits per heavy atom. The van der Waals surface area contributed by atoms with Gasteiger partial charge in [-0.15, -0.1) is 0 Å². The minimum Gasteiger partial charge on any atom is -0.355 e. The molecule has 0 fully saturated rings. The van der Waals surface area contributed by atoms with E-state index in [1.165, 1.54) is 0 Å². The van der Waals surface area contributed by atoms with Crippen molar-refractivity contribution in [2.24, 2.45) is 0 Å². The second-order valence-electron chi connectivity index (χ2n) is 2.67. The van der Waals surface area contributed by atoms with E-state index in [4.69, 9.17) is 0 Å². The molecule has 17 heavy (non-hydrogen) atoms. The Labute approximate surface area is 95.1 Å². The molecule has 0 aliphatic heterocycles. The van der Waals surface area contributed by atoms with Crippen molar-refractivity contribution in [3.05, 3.63) is 12.3 Å². The van der Waals surface area contributed by atoms with Crippen LogP contribution in [0.2, 0.25) is 0 Å². The van der Waals surface area contributed by atoms with Crippen molar-refractivity contribution >= 4 is 21.6 Å². The Morgan fingerprint density at radius 1 is 1.12 bits per heavy atom. The lowest BCUT2D eigenvalue weighted by Crippen LogP contribution is -2.23. The highest BCUT2D eigenvalue weighted by Gasteiger charge is 2.49. The average Bonchev–Trinajstić information content (AvgIpc) is 2.46. The fourth-order valence-corrected chi connectivity index (χ4v) is 2.65. The first kappa shape index (κ1) is 14.2. The van der Waals surface area contributed by atoms with E-state index in [1.807, 2.05) is 0 Å². The first-order chi connectivity index (χ1) is 7.45. The van der Waals surface area contributed by atoms with Crippen LogP contribution in [0, 0.1) is 0 Å². The molecule has 0 bridgehead atoms. The Balaban J connectivity index is 3.23. The van der Waals surface area contributed by atoms with Crippen LogP contribution in [0.1, 0.15) is 0 Å². The van der Waals surface area contributed by atoms with Gasteiger partial charge in [-0.3, -0.25) is 0 Å².